The second-order valence-corrected chi connectivity index (χ2v) is 5.72. The minimum atomic E-state index is -0.400. The van der Waals surface area contributed by atoms with Gasteiger partial charge in [-0.3, -0.25) is 4.79 Å². The summed E-state index contributed by atoms with van der Waals surface area (Å²) >= 11 is 3.41. The average Bonchev–Trinajstić information content (AvgIpc) is 2.85. The highest BCUT2D eigenvalue weighted by Crippen LogP contribution is 2.47. The van der Waals surface area contributed by atoms with Gasteiger partial charge < -0.3 is 15.2 Å². The predicted octanol–water partition coefficient (Wildman–Crippen LogP) is 3.01. The lowest BCUT2D eigenvalue weighted by Gasteiger charge is -2.28. The number of methoxy groups -OCH3 is 2. The molecule has 0 unspecified atom stereocenters. The maximum atomic E-state index is 11.2. The van der Waals surface area contributed by atoms with Crippen molar-refractivity contribution in [2.75, 3.05) is 14.2 Å². The van der Waals surface area contributed by atoms with Crippen molar-refractivity contribution in [3.05, 3.63) is 21.7 Å². The molecule has 1 fully saturated rings. The number of hydrogen-bond donors (Lipinski definition) is 1. The molecule has 1 aromatic rings. The van der Waals surface area contributed by atoms with Crippen LogP contribution in [0, 0.1) is 0 Å². The van der Waals surface area contributed by atoms with Crippen LogP contribution in [0.3, 0.4) is 0 Å². The number of halogens is 1. The largest absolute Gasteiger partial charge is 0.492 e. The van der Waals surface area contributed by atoms with Gasteiger partial charge in [0.25, 0.3) is 0 Å². The summed E-state index contributed by atoms with van der Waals surface area (Å²) in [4.78, 5) is 11.2. The van der Waals surface area contributed by atoms with Gasteiger partial charge >= 0.3 is 0 Å². The molecule has 19 heavy (non-hydrogen) atoms. The molecule has 0 aliphatic heterocycles. The fourth-order valence-corrected chi connectivity index (χ4v) is 3.29. The van der Waals surface area contributed by atoms with Crippen molar-refractivity contribution in [2.24, 2.45) is 5.73 Å². The lowest BCUT2D eigenvalue weighted by molar-refractivity contribution is 0.111. The van der Waals surface area contributed by atoms with Gasteiger partial charge in [-0.05, 0) is 34.8 Å². The van der Waals surface area contributed by atoms with E-state index in [2.05, 4.69) is 15.9 Å². The maximum absolute atomic E-state index is 11.2. The van der Waals surface area contributed by atoms with Crippen molar-refractivity contribution in [3.63, 3.8) is 0 Å². The van der Waals surface area contributed by atoms with Gasteiger partial charge in [0.15, 0.2) is 17.8 Å². The summed E-state index contributed by atoms with van der Waals surface area (Å²) in [5.41, 5.74) is 7.45. The van der Waals surface area contributed by atoms with Crippen LogP contribution in [-0.4, -0.2) is 20.5 Å². The maximum Gasteiger partial charge on any atom is 0.172 e. The van der Waals surface area contributed by atoms with Crippen LogP contribution in [0.15, 0.2) is 10.5 Å². The van der Waals surface area contributed by atoms with Gasteiger partial charge in [0, 0.05) is 15.6 Å². The topological polar surface area (TPSA) is 61.5 Å². The van der Waals surface area contributed by atoms with E-state index in [9.17, 15) is 4.79 Å². The van der Waals surface area contributed by atoms with Crippen LogP contribution in [-0.2, 0) is 5.54 Å². The molecule has 1 aliphatic carbocycles. The molecule has 0 saturated heterocycles. The Morgan fingerprint density at radius 3 is 2.32 bits per heavy atom. The van der Waals surface area contributed by atoms with Crippen LogP contribution in [0.5, 0.6) is 11.5 Å². The molecule has 0 spiro atoms. The highest BCUT2D eigenvalue weighted by molar-refractivity contribution is 9.10. The van der Waals surface area contributed by atoms with Crippen LogP contribution >= 0.6 is 15.9 Å². The van der Waals surface area contributed by atoms with Crippen molar-refractivity contribution in [3.8, 4) is 11.5 Å². The first-order valence-electron chi connectivity index (χ1n) is 6.26. The minimum Gasteiger partial charge on any atom is -0.492 e. The first kappa shape index (κ1) is 14.3. The van der Waals surface area contributed by atoms with E-state index in [0.29, 0.717) is 21.5 Å². The number of aldehydes is 1. The Hall–Kier alpha value is -1.07. The number of carbonyl (C=O) groups excluding carboxylic acids is 1. The molecule has 2 rings (SSSR count). The fraction of sp³-hybridized carbons (Fsp3) is 0.500. The van der Waals surface area contributed by atoms with E-state index in [1.54, 1.807) is 7.11 Å². The smallest absolute Gasteiger partial charge is 0.172 e. The zero-order chi connectivity index (χ0) is 14.0. The van der Waals surface area contributed by atoms with E-state index in [1.807, 2.05) is 6.07 Å². The van der Waals surface area contributed by atoms with Gasteiger partial charge in [0.2, 0.25) is 0 Å². The highest BCUT2D eigenvalue weighted by atomic mass is 79.9. The molecule has 0 aromatic heterocycles. The number of rotatable bonds is 4. The Labute approximate surface area is 121 Å². The fourth-order valence-electron chi connectivity index (χ4n) is 2.78. The van der Waals surface area contributed by atoms with Crippen molar-refractivity contribution < 1.29 is 14.3 Å². The lowest BCUT2D eigenvalue weighted by Crippen LogP contribution is -2.33. The van der Waals surface area contributed by atoms with Crippen LogP contribution in [0.1, 0.15) is 41.6 Å². The van der Waals surface area contributed by atoms with Crippen molar-refractivity contribution in [2.45, 2.75) is 31.2 Å². The molecule has 1 aromatic carbocycles. The molecular formula is C14H18BrNO3. The zero-order valence-electron chi connectivity index (χ0n) is 11.2. The summed E-state index contributed by atoms with van der Waals surface area (Å²) < 4.78 is 11.5. The van der Waals surface area contributed by atoms with Gasteiger partial charge in [0.05, 0.1) is 19.8 Å². The summed E-state index contributed by atoms with van der Waals surface area (Å²) in [6, 6.07) is 1.89. The minimum absolute atomic E-state index is 0.400. The third-order valence-corrected chi connectivity index (χ3v) is 4.44. The first-order valence-corrected chi connectivity index (χ1v) is 7.05. The van der Waals surface area contributed by atoms with E-state index >= 15 is 0 Å². The van der Waals surface area contributed by atoms with Crippen LogP contribution in [0.2, 0.25) is 0 Å². The number of hydrogen-bond acceptors (Lipinski definition) is 4. The summed E-state index contributed by atoms with van der Waals surface area (Å²) in [5, 5.41) is 0. The molecule has 104 valence electrons. The highest BCUT2D eigenvalue weighted by Gasteiger charge is 2.36. The summed E-state index contributed by atoms with van der Waals surface area (Å²) in [7, 11) is 3.10. The van der Waals surface area contributed by atoms with Gasteiger partial charge in [-0.1, -0.05) is 12.8 Å². The predicted molar refractivity (Wildman–Crippen MR) is 77.0 cm³/mol. The number of ether oxygens (including phenoxy) is 2. The first-order chi connectivity index (χ1) is 9.07. The molecule has 0 bridgehead atoms. The average molecular weight is 328 g/mol. The van der Waals surface area contributed by atoms with Crippen molar-refractivity contribution in [1.82, 2.24) is 0 Å². The Morgan fingerprint density at radius 1 is 1.26 bits per heavy atom. The van der Waals surface area contributed by atoms with Gasteiger partial charge in [-0.2, -0.15) is 0 Å². The molecule has 1 aliphatic rings. The second kappa shape index (κ2) is 5.51. The van der Waals surface area contributed by atoms with Gasteiger partial charge in [0.1, 0.15) is 0 Å². The van der Waals surface area contributed by atoms with E-state index in [-0.39, 0.29) is 0 Å². The summed E-state index contributed by atoms with van der Waals surface area (Å²) in [5.74, 6) is 1.01. The molecule has 4 nitrogen and oxygen atoms in total. The number of benzene rings is 1. The standard InChI is InChI=1S/C14H18BrNO3/c1-18-12-9(8-17)11(15)7-10(13(12)19-2)14(16)5-3-4-6-14/h7-8H,3-6,16H2,1-2H3. The second-order valence-electron chi connectivity index (χ2n) is 4.87. The van der Waals surface area contributed by atoms with E-state index in [4.69, 9.17) is 15.2 Å². The number of nitrogens with two attached hydrogens (primary N) is 1. The quantitative estimate of drug-likeness (QED) is 0.863. The third kappa shape index (κ3) is 2.37. The third-order valence-electron chi connectivity index (χ3n) is 3.78. The molecule has 0 atom stereocenters. The molecular weight excluding hydrogens is 310 g/mol. The van der Waals surface area contributed by atoms with Crippen LogP contribution < -0.4 is 15.2 Å². The molecule has 2 N–H and O–H groups in total. The molecule has 0 heterocycles. The molecule has 1 saturated carbocycles. The zero-order valence-corrected chi connectivity index (χ0v) is 12.7. The van der Waals surface area contributed by atoms with Crippen LogP contribution in [0.4, 0.5) is 0 Å². The summed E-state index contributed by atoms with van der Waals surface area (Å²) in [6.07, 6.45) is 4.80. The van der Waals surface area contributed by atoms with E-state index in [1.165, 1.54) is 7.11 Å². The van der Waals surface area contributed by atoms with E-state index in [0.717, 1.165) is 37.5 Å². The lowest BCUT2D eigenvalue weighted by atomic mass is 9.87. The Morgan fingerprint density at radius 2 is 1.84 bits per heavy atom. The molecule has 0 amide bonds. The van der Waals surface area contributed by atoms with Crippen molar-refractivity contribution in [1.29, 1.82) is 0 Å². The Kier molecular flexibility index (Phi) is 4.16. The Bertz CT molecular complexity index is 496. The molecule has 5 heteroatoms. The Balaban J connectivity index is 2.67. The van der Waals surface area contributed by atoms with Gasteiger partial charge in [-0.15, -0.1) is 0 Å². The van der Waals surface area contributed by atoms with Gasteiger partial charge in [-0.25, -0.2) is 0 Å². The monoisotopic (exact) mass is 327 g/mol. The van der Waals surface area contributed by atoms with Crippen molar-refractivity contribution >= 4 is 22.2 Å². The normalized spacial score (nSPS) is 17.3. The van der Waals surface area contributed by atoms with E-state index < -0.39 is 5.54 Å². The SMILES string of the molecule is COc1c(C2(N)CCCC2)cc(Br)c(C=O)c1OC. The summed E-state index contributed by atoms with van der Waals surface area (Å²) in [6.45, 7) is 0. The number of carbonyl (C=O) groups is 1. The van der Waals surface area contributed by atoms with Crippen LogP contribution in [0.25, 0.3) is 0 Å². The molecule has 0 radical (unpaired) electrons.